The molecule has 1 aromatic carbocycles. The smallest absolute Gasteiger partial charge is 0.255 e. The molecule has 7 heteroatoms. The third-order valence-corrected chi connectivity index (χ3v) is 4.69. The first kappa shape index (κ1) is 15.1. The molecule has 18 heavy (non-hydrogen) atoms. The summed E-state index contributed by atoms with van der Waals surface area (Å²) in [6.07, 6.45) is 0. The van der Waals surface area contributed by atoms with Crippen LogP contribution in [-0.2, 0) is 9.84 Å². The number of carbonyl (C=O) groups excluding carboxylic acids is 1. The van der Waals surface area contributed by atoms with Crippen LogP contribution >= 0.6 is 15.9 Å². The predicted octanol–water partition coefficient (Wildman–Crippen LogP) is 1.75. The van der Waals surface area contributed by atoms with Gasteiger partial charge in [-0.1, -0.05) is 13.0 Å². The van der Waals surface area contributed by atoms with Gasteiger partial charge in [0.05, 0.1) is 11.3 Å². The maximum absolute atomic E-state index is 13.4. The quantitative estimate of drug-likeness (QED) is 0.890. The molecule has 0 aliphatic rings. The van der Waals surface area contributed by atoms with Gasteiger partial charge < -0.3 is 5.32 Å². The Morgan fingerprint density at radius 1 is 1.44 bits per heavy atom. The lowest BCUT2D eigenvalue weighted by Crippen LogP contribution is -2.30. The van der Waals surface area contributed by atoms with E-state index in [0.717, 1.165) is 0 Å². The van der Waals surface area contributed by atoms with Gasteiger partial charge in [0.1, 0.15) is 5.82 Å². The van der Waals surface area contributed by atoms with Gasteiger partial charge in [-0.25, -0.2) is 12.8 Å². The minimum absolute atomic E-state index is 0.0201. The Labute approximate surface area is 114 Å². The van der Waals surface area contributed by atoms with Crippen molar-refractivity contribution in [2.45, 2.75) is 6.92 Å². The molecule has 0 atom stereocenters. The standard InChI is InChI=1S/C11H13BrFNO3S/c1-2-18(16,17)7-6-14-11(15)10-8(12)4-3-5-9(10)13/h3-5H,2,6-7H2,1H3,(H,14,15). The molecule has 0 fully saturated rings. The molecule has 1 N–H and O–H groups in total. The molecular formula is C11H13BrFNO3S. The molecule has 1 rings (SSSR count). The molecular weight excluding hydrogens is 325 g/mol. The zero-order valence-electron chi connectivity index (χ0n) is 9.74. The van der Waals surface area contributed by atoms with Crippen LogP contribution < -0.4 is 5.32 Å². The van der Waals surface area contributed by atoms with Crippen molar-refractivity contribution in [1.29, 1.82) is 0 Å². The van der Waals surface area contributed by atoms with Crippen LogP contribution in [0.25, 0.3) is 0 Å². The van der Waals surface area contributed by atoms with Gasteiger partial charge in [0.2, 0.25) is 0 Å². The van der Waals surface area contributed by atoms with Crippen LogP contribution in [0.1, 0.15) is 17.3 Å². The van der Waals surface area contributed by atoms with Gasteiger partial charge >= 0.3 is 0 Å². The number of carbonyl (C=O) groups is 1. The SMILES string of the molecule is CCS(=O)(=O)CCNC(=O)c1c(F)cccc1Br. The Balaban J connectivity index is 2.67. The van der Waals surface area contributed by atoms with Gasteiger partial charge in [0.15, 0.2) is 9.84 Å². The number of hydrogen-bond acceptors (Lipinski definition) is 3. The minimum atomic E-state index is -3.14. The minimum Gasteiger partial charge on any atom is -0.351 e. The zero-order chi connectivity index (χ0) is 13.8. The fourth-order valence-corrected chi connectivity index (χ4v) is 2.49. The van der Waals surface area contributed by atoms with Crippen molar-refractivity contribution < 1.29 is 17.6 Å². The second kappa shape index (κ2) is 6.29. The molecule has 1 amide bonds. The van der Waals surface area contributed by atoms with Crippen LogP contribution in [0.4, 0.5) is 4.39 Å². The largest absolute Gasteiger partial charge is 0.351 e. The van der Waals surface area contributed by atoms with E-state index in [1.54, 1.807) is 6.07 Å². The lowest BCUT2D eigenvalue weighted by molar-refractivity contribution is 0.0951. The highest BCUT2D eigenvalue weighted by atomic mass is 79.9. The van der Waals surface area contributed by atoms with E-state index in [2.05, 4.69) is 21.2 Å². The Morgan fingerprint density at radius 3 is 2.67 bits per heavy atom. The summed E-state index contributed by atoms with van der Waals surface area (Å²) in [7, 11) is -3.14. The van der Waals surface area contributed by atoms with Crippen molar-refractivity contribution in [3.05, 3.63) is 34.1 Å². The summed E-state index contributed by atoms with van der Waals surface area (Å²) in [5.41, 5.74) is -0.119. The van der Waals surface area contributed by atoms with E-state index >= 15 is 0 Å². The molecule has 0 aliphatic carbocycles. The first-order chi connectivity index (χ1) is 8.37. The number of sulfone groups is 1. The topological polar surface area (TPSA) is 63.2 Å². The fourth-order valence-electron chi connectivity index (χ4n) is 1.27. The fraction of sp³-hybridized carbons (Fsp3) is 0.364. The first-order valence-electron chi connectivity index (χ1n) is 5.30. The van der Waals surface area contributed by atoms with Gasteiger partial charge in [-0.05, 0) is 28.1 Å². The Bertz CT molecular complexity index is 525. The molecule has 4 nitrogen and oxygen atoms in total. The van der Waals surface area contributed by atoms with Gasteiger partial charge in [0, 0.05) is 16.8 Å². The molecule has 0 spiro atoms. The number of nitrogens with one attached hydrogen (secondary N) is 1. The van der Waals surface area contributed by atoms with Crippen molar-refractivity contribution in [2.75, 3.05) is 18.1 Å². The molecule has 0 saturated carbocycles. The third kappa shape index (κ3) is 4.06. The van der Waals surface area contributed by atoms with E-state index < -0.39 is 21.6 Å². The number of benzene rings is 1. The van der Waals surface area contributed by atoms with Crippen LogP contribution in [0.5, 0.6) is 0 Å². The van der Waals surface area contributed by atoms with Crippen LogP contribution in [0, 0.1) is 5.82 Å². The molecule has 0 unspecified atom stereocenters. The van der Waals surface area contributed by atoms with E-state index in [4.69, 9.17) is 0 Å². The van der Waals surface area contributed by atoms with Gasteiger partial charge in [-0.2, -0.15) is 0 Å². The number of halogens is 2. The summed E-state index contributed by atoms with van der Waals surface area (Å²) in [5, 5.41) is 2.38. The first-order valence-corrected chi connectivity index (χ1v) is 7.91. The lowest BCUT2D eigenvalue weighted by atomic mass is 10.2. The molecule has 0 aliphatic heterocycles. The van der Waals surface area contributed by atoms with Gasteiger partial charge in [-0.15, -0.1) is 0 Å². The van der Waals surface area contributed by atoms with Crippen molar-refractivity contribution >= 4 is 31.7 Å². The summed E-state index contributed by atoms with van der Waals surface area (Å²) in [6.45, 7) is 1.50. The normalized spacial score (nSPS) is 11.3. The maximum atomic E-state index is 13.4. The molecule has 0 saturated heterocycles. The third-order valence-electron chi connectivity index (χ3n) is 2.33. The van der Waals surface area contributed by atoms with Crippen molar-refractivity contribution in [3.8, 4) is 0 Å². The lowest BCUT2D eigenvalue weighted by Gasteiger charge is -2.07. The van der Waals surface area contributed by atoms with Crippen LogP contribution in [0.2, 0.25) is 0 Å². The van der Waals surface area contributed by atoms with Crippen LogP contribution in [-0.4, -0.2) is 32.4 Å². The summed E-state index contributed by atoms with van der Waals surface area (Å²) in [4.78, 5) is 11.7. The van der Waals surface area contributed by atoms with Gasteiger partial charge in [0.25, 0.3) is 5.91 Å². The van der Waals surface area contributed by atoms with Crippen molar-refractivity contribution in [3.63, 3.8) is 0 Å². The van der Waals surface area contributed by atoms with E-state index in [0.29, 0.717) is 4.47 Å². The Hall–Kier alpha value is -0.950. The average Bonchev–Trinajstić information content (AvgIpc) is 2.28. The molecule has 0 aromatic heterocycles. The summed E-state index contributed by atoms with van der Waals surface area (Å²) in [5.74, 6) is -1.42. The highest BCUT2D eigenvalue weighted by Gasteiger charge is 2.15. The van der Waals surface area contributed by atoms with Crippen LogP contribution in [0.15, 0.2) is 22.7 Å². The number of amides is 1. The number of rotatable bonds is 5. The molecule has 0 radical (unpaired) electrons. The second-order valence-electron chi connectivity index (χ2n) is 3.59. The molecule has 0 heterocycles. The number of hydrogen-bond donors (Lipinski definition) is 1. The van der Waals surface area contributed by atoms with Crippen molar-refractivity contribution in [1.82, 2.24) is 5.32 Å². The van der Waals surface area contributed by atoms with Crippen LogP contribution in [0.3, 0.4) is 0 Å². The van der Waals surface area contributed by atoms with E-state index in [-0.39, 0.29) is 23.6 Å². The summed E-state index contributed by atoms with van der Waals surface area (Å²) >= 11 is 3.07. The second-order valence-corrected chi connectivity index (χ2v) is 6.92. The average molecular weight is 338 g/mol. The Kier molecular flexibility index (Phi) is 5.28. The highest BCUT2D eigenvalue weighted by molar-refractivity contribution is 9.10. The molecule has 100 valence electrons. The van der Waals surface area contributed by atoms with E-state index in [1.165, 1.54) is 19.1 Å². The summed E-state index contributed by atoms with van der Waals surface area (Å²) in [6, 6.07) is 4.18. The van der Waals surface area contributed by atoms with E-state index in [9.17, 15) is 17.6 Å². The Morgan fingerprint density at radius 2 is 2.11 bits per heavy atom. The van der Waals surface area contributed by atoms with E-state index in [1.807, 2.05) is 0 Å². The molecule has 0 bridgehead atoms. The summed E-state index contributed by atoms with van der Waals surface area (Å²) < 4.78 is 36.2. The van der Waals surface area contributed by atoms with Gasteiger partial charge in [-0.3, -0.25) is 4.79 Å². The maximum Gasteiger partial charge on any atom is 0.255 e. The van der Waals surface area contributed by atoms with Crippen molar-refractivity contribution in [2.24, 2.45) is 0 Å². The predicted molar refractivity (Wildman–Crippen MR) is 70.8 cm³/mol. The zero-order valence-corrected chi connectivity index (χ0v) is 12.1. The monoisotopic (exact) mass is 337 g/mol. The highest BCUT2D eigenvalue weighted by Crippen LogP contribution is 2.19. The molecule has 1 aromatic rings.